The van der Waals surface area contributed by atoms with E-state index in [0.29, 0.717) is 0 Å². The Kier molecular flexibility index (Phi) is 4.49. The minimum absolute atomic E-state index is 0.601. The molecule has 0 heterocycles. The van der Waals surface area contributed by atoms with E-state index in [2.05, 4.69) is 6.92 Å². The lowest BCUT2D eigenvalue weighted by Crippen LogP contribution is -2.29. The predicted octanol–water partition coefficient (Wildman–Crippen LogP) is 3.23. The molecule has 0 aliphatic carbocycles. The van der Waals surface area contributed by atoms with Crippen molar-refractivity contribution in [2.75, 3.05) is 0 Å². The van der Waals surface area contributed by atoms with Crippen molar-refractivity contribution in [3.05, 3.63) is 6.92 Å². The van der Waals surface area contributed by atoms with Gasteiger partial charge in [-0.2, -0.15) is 0 Å². The third kappa shape index (κ3) is 3.88. The maximum absolute atomic E-state index is 12.4. The predicted molar refractivity (Wildman–Crippen MR) is 35.1 cm³/mol. The van der Waals surface area contributed by atoms with Gasteiger partial charge in [-0.05, 0) is 6.42 Å². The number of rotatable bonds is 5. The zero-order valence-electron chi connectivity index (χ0n) is 6.37. The average Bonchev–Trinajstić information content (AvgIpc) is 1.99. The highest BCUT2D eigenvalue weighted by atomic mass is 19.3. The van der Waals surface area contributed by atoms with Gasteiger partial charge < -0.3 is 0 Å². The second kappa shape index (κ2) is 4.62. The molecule has 0 aliphatic rings. The van der Waals surface area contributed by atoms with Gasteiger partial charge in [0.05, 0.1) is 0 Å². The molecule has 12 heavy (non-hydrogen) atoms. The molecule has 0 saturated carbocycles. The number of hydrogen-bond donors (Lipinski definition) is 0. The Bertz CT molecular complexity index is 123. The molecule has 1 radical (unpaired) electrons. The Labute approximate surface area is 67.8 Å². The fourth-order valence-electron chi connectivity index (χ4n) is 0.669. The second-order valence-electron chi connectivity index (χ2n) is 2.45. The van der Waals surface area contributed by atoms with Crippen LogP contribution in [0.1, 0.15) is 19.3 Å². The molecule has 0 N–H and O–H groups in total. The quantitative estimate of drug-likeness (QED) is 0.582. The van der Waals surface area contributed by atoms with Gasteiger partial charge in [0, 0.05) is 12.8 Å². The molecule has 0 amide bonds. The number of alkyl halides is 5. The van der Waals surface area contributed by atoms with Crippen LogP contribution in [-0.4, -0.2) is 18.5 Å². The molecule has 0 nitrogen and oxygen atoms in total. The van der Waals surface area contributed by atoms with Crippen LogP contribution in [0.15, 0.2) is 0 Å². The molecule has 0 aromatic carbocycles. The van der Waals surface area contributed by atoms with Crippen LogP contribution in [0.25, 0.3) is 0 Å². The van der Waals surface area contributed by atoms with Crippen LogP contribution in [0, 0.1) is 6.92 Å². The van der Waals surface area contributed by atoms with Gasteiger partial charge in [0.15, 0.2) is 6.17 Å². The highest BCUT2D eigenvalue weighted by Gasteiger charge is 2.38. The average molecular weight is 189 g/mol. The van der Waals surface area contributed by atoms with Crippen LogP contribution >= 0.6 is 0 Å². The summed E-state index contributed by atoms with van der Waals surface area (Å²) in [5.41, 5.74) is 0. The molecule has 0 rings (SSSR count). The molecule has 73 valence electrons. The fourth-order valence-corrected chi connectivity index (χ4v) is 0.669. The van der Waals surface area contributed by atoms with E-state index in [1.54, 1.807) is 0 Å². The maximum atomic E-state index is 12.4. The standard InChI is InChI=1S/C7H10F5/c1-2-5(8)7(11,12)4-3-6(9)10/h5-6H,1-4H2/t5-/m0/s1. The van der Waals surface area contributed by atoms with Crippen molar-refractivity contribution in [3.8, 4) is 0 Å². The molecular formula is C7H10F5. The van der Waals surface area contributed by atoms with Crippen LogP contribution in [0.3, 0.4) is 0 Å². The van der Waals surface area contributed by atoms with E-state index in [4.69, 9.17) is 0 Å². The SMILES string of the molecule is [CH2]C[C@H](F)C(F)(F)CCC(F)F. The summed E-state index contributed by atoms with van der Waals surface area (Å²) < 4.78 is 60.1. The topological polar surface area (TPSA) is 0 Å². The van der Waals surface area contributed by atoms with Gasteiger partial charge in [0.25, 0.3) is 5.92 Å². The largest absolute Gasteiger partial charge is 0.278 e. The summed E-state index contributed by atoms with van der Waals surface area (Å²) in [6, 6.07) is 0. The first-order valence-corrected chi connectivity index (χ1v) is 3.49. The highest BCUT2D eigenvalue weighted by molar-refractivity contribution is 4.77. The lowest BCUT2D eigenvalue weighted by atomic mass is 10.1. The minimum Gasteiger partial charge on any atom is -0.241 e. The lowest BCUT2D eigenvalue weighted by Gasteiger charge is -2.18. The zero-order chi connectivity index (χ0) is 9.78. The molecule has 0 aromatic heterocycles. The van der Waals surface area contributed by atoms with Crippen LogP contribution < -0.4 is 0 Å². The van der Waals surface area contributed by atoms with Crippen molar-refractivity contribution in [2.24, 2.45) is 0 Å². The van der Waals surface area contributed by atoms with E-state index in [0.717, 1.165) is 0 Å². The lowest BCUT2D eigenvalue weighted by molar-refractivity contribution is -0.0862. The molecule has 0 aliphatic heterocycles. The first-order valence-electron chi connectivity index (χ1n) is 3.49. The molecular weight excluding hydrogens is 179 g/mol. The Morgan fingerprint density at radius 3 is 2.00 bits per heavy atom. The van der Waals surface area contributed by atoms with E-state index >= 15 is 0 Å². The van der Waals surface area contributed by atoms with Crippen molar-refractivity contribution in [1.82, 2.24) is 0 Å². The summed E-state index contributed by atoms with van der Waals surface area (Å²) in [6.07, 6.45) is -7.94. The summed E-state index contributed by atoms with van der Waals surface area (Å²) in [5, 5.41) is 0. The van der Waals surface area contributed by atoms with Crippen molar-refractivity contribution in [2.45, 2.75) is 37.8 Å². The Morgan fingerprint density at radius 2 is 1.67 bits per heavy atom. The van der Waals surface area contributed by atoms with Gasteiger partial charge in [-0.3, -0.25) is 0 Å². The van der Waals surface area contributed by atoms with Crippen LogP contribution in [0.5, 0.6) is 0 Å². The van der Waals surface area contributed by atoms with E-state index in [1.807, 2.05) is 0 Å². The van der Waals surface area contributed by atoms with Crippen molar-refractivity contribution in [1.29, 1.82) is 0 Å². The summed E-state index contributed by atoms with van der Waals surface area (Å²) in [7, 11) is 0. The molecule has 0 saturated heterocycles. The van der Waals surface area contributed by atoms with E-state index < -0.39 is 37.8 Å². The van der Waals surface area contributed by atoms with Crippen LogP contribution in [0.2, 0.25) is 0 Å². The Hall–Kier alpha value is -0.350. The first-order chi connectivity index (χ1) is 5.40. The van der Waals surface area contributed by atoms with Gasteiger partial charge in [-0.1, -0.05) is 6.92 Å². The number of hydrogen-bond acceptors (Lipinski definition) is 0. The van der Waals surface area contributed by atoms with Crippen molar-refractivity contribution >= 4 is 0 Å². The minimum atomic E-state index is -3.67. The second-order valence-corrected chi connectivity index (χ2v) is 2.45. The van der Waals surface area contributed by atoms with Gasteiger partial charge in [-0.15, -0.1) is 0 Å². The van der Waals surface area contributed by atoms with Gasteiger partial charge in [0.1, 0.15) is 0 Å². The maximum Gasteiger partial charge on any atom is 0.278 e. The zero-order valence-corrected chi connectivity index (χ0v) is 6.37. The van der Waals surface area contributed by atoms with Crippen molar-refractivity contribution in [3.63, 3.8) is 0 Å². The first kappa shape index (κ1) is 11.6. The number of halogens is 5. The smallest absolute Gasteiger partial charge is 0.241 e. The summed E-state index contributed by atoms with van der Waals surface area (Å²) in [5.74, 6) is -3.67. The molecule has 0 unspecified atom stereocenters. The van der Waals surface area contributed by atoms with Crippen LogP contribution in [0.4, 0.5) is 22.0 Å². The summed E-state index contributed by atoms with van der Waals surface area (Å²) >= 11 is 0. The third-order valence-electron chi connectivity index (χ3n) is 1.41. The van der Waals surface area contributed by atoms with Gasteiger partial charge >= 0.3 is 0 Å². The monoisotopic (exact) mass is 189 g/mol. The molecule has 0 aromatic rings. The van der Waals surface area contributed by atoms with Crippen molar-refractivity contribution < 1.29 is 22.0 Å². The Morgan fingerprint density at radius 1 is 1.17 bits per heavy atom. The van der Waals surface area contributed by atoms with Crippen LogP contribution in [-0.2, 0) is 0 Å². The molecule has 0 bridgehead atoms. The Balaban J connectivity index is 3.86. The van der Waals surface area contributed by atoms with E-state index in [1.165, 1.54) is 0 Å². The van der Waals surface area contributed by atoms with Gasteiger partial charge in [0.2, 0.25) is 6.43 Å². The summed E-state index contributed by atoms with van der Waals surface area (Å²) in [4.78, 5) is 0. The van der Waals surface area contributed by atoms with Gasteiger partial charge in [-0.25, -0.2) is 22.0 Å². The third-order valence-corrected chi connectivity index (χ3v) is 1.41. The summed E-state index contributed by atoms with van der Waals surface area (Å²) in [6.45, 7) is 2.94. The molecule has 5 heteroatoms. The van der Waals surface area contributed by atoms with E-state index in [9.17, 15) is 22.0 Å². The fraction of sp³-hybridized carbons (Fsp3) is 0.857. The molecule has 1 atom stereocenters. The molecule has 0 spiro atoms. The van der Waals surface area contributed by atoms with E-state index in [-0.39, 0.29) is 0 Å². The molecule has 0 fully saturated rings. The normalized spacial score (nSPS) is 15.2. The highest BCUT2D eigenvalue weighted by Crippen LogP contribution is 2.29.